The number of nitrogens with zero attached hydrogens (tertiary/aromatic N) is 3. The molecule has 160 valence electrons. The maximum atomic E-state index is 12.8. The molecule has 0 spiro atoms. The van der Waals surface area contributed by atoms with E-state index in [2.05, 4.69) is 0 Å². The molecule has 1 saturated heterocycles. The first-order valence-corrected chi connectivity index (χ1v) is 9.53. The summed E-state index contributed by atoms with van der Waals surface area (Å²) in [6, 6.07) is 9.43. The molecule has 1 fully saturated rings. The van der Waals surface area contributed by atoms with Crippen LogP contribution in [0, 0.1) is 20.2 Å². The molecule has 1 N–H and O–H groups in total. The van der Waals surface area contributed by atoms with Crippen LogP contribution >= 0.6 is 0 Å². The summed E-state index contributed by atoms with van der Waals surface area (Å²) in [4.78, 5) is 47.5. The quantitative estimate of drug-likeness (QED) is 0.234. The van der Waals surface area contributed by atoms with Gasteiger partial charge in [-0.3, -0.25) is 29.8 Å². The lowest BCUT2D eigenvalue weighted by atomic mass is 9.95. The highest BCUT2D eigenvalue weighted by atomic mass is 16.6. The number of likely N-dealkylation sites (tertiary alicyclic amines) is 1. The summed E-state index contributed by atoms with van der Waals surface area (Å²) in [5.41, 5.74) is 0.0793. The molecule has 2 aromatic rings. The number of aliphatic hydroxyl groups excluding tert-OH is 1. The van der Waals surface area contributed by atoms with Crippen molar-refractivity contribution in [3.05, 3.63) is 85.5 Å². The molecule has 2 aromatic carbocycles. The van der Waals surface area contributed by atoms with Gasteiger partial charge in [-0.15, -0.1) is 0 Å². The van der Waals surface area contributed by atoms with Gasteiger partial charge in [0, 0.05) is 36.4 Å². The van der Waals surface area contributed by atoms with E-state index in [0.29, 0.717) is 12.0 Å². The Morgan fingerprint density at radius 1 is 0.968 bits per heavy atom. The lowest BCUT2D eigenvalue weighted by Crippen LogP contribution is -2.30. The summed E-state index contributed by atoms with van der Waals surface area (Å²) in [6.07, 6.45) is 1.38. The smallest absolute Gasteiger partial charge is 0.295 e. The van der Waals surface area contributed by atoms with Gasteiger partial charge in [0.2, 0.25) is 0 Å². The molecule has 0 radical (unpaired) electrons. The number of rotatable bonds is 7. The van der Waals surface area contributed by atoms with Crippen molar-refractivity contribution in [3.63, 3.8) is 0 Å². The Bertz CT molecular complexity index is 1080. The molecule has 1 amide bonds. The van der Waals surface area contributed by atoms with E-state index in [1.165, 1.54) is 53.4 Å². The van der Waals surface area contributed by atoms with Gasteiger partial charge in [-0.2, -0.15) is 0 Å². The van der Waals surface area contributed by atoms with Crippen LogP contribution < -0.4 is 0 Å². The third kappa shape index (κ3) is 4.13. The zero-order valence-electron chi connectivity index (χ0n) is 16.6. The Balaban J connectivity index is 2.13. The van der Waals surface area contributed by atoms with Gasteiger partial charge in [0.25, 0.3) is 23.1 Å². The van der Waals surface area contributed by atoms with Gasteiger partial charge in [0.15, 0.2) is 0 Å². The summed E-state index contributed by atoms with van der Waals surface area (Å²) < 4.78 is 0. The minimum Gasteiger partial charge on any atom is -0.507 e. The number of unbranched alkanes of at least 4 members (excludes halogenated alkanes) is 1. The first-order valence-electron chi connectivity index (χ1n) is 9.53. The number of carbonyl (C=O) groups excluding carboxylic acids is 2. The molecule has 0 bridgehead atoms. The standard InChI is InChI=1S/C21H19N3O7/c1-2-3-12-22-18(13-4-8-15(9-5-13)23(28)29)17(20(26)21(22)27)19(25)14-6-10-16(11-7-14)24(30)31/h4-11,18,25H,2-3,12H2,1H3/b19-17+/t18-/m1/s1. The van der Waals surface area contributed by atoms with Crippen molar-refractivity contribution in [2.24, 2.45) is 0 Å². The molecule has 1 aliphatic rings. The summed E-state index contributed by atoms with van der Waals surface area (Å²) >= 11 is 0. The molecule has 10 nitrogen and oxygen atoms in total. The minimum atomic E-state index is -0.928. The fourth-order valence-corrected chi connectivity index (χ4v) is 3.46. The van der Waals surface area contributed by atoms with Crippen molar-refractivity contribution in [2.45, 2.75) is 25.8 Å². The summed E-state index contributed by atoms with van der Waals surface area (Å²) in [5.74, 6) is -2.12. The number of nitro benzene ring substituents is 2. The molecule has 31 heavy (non-hydrogen) atoms. The van der Waals surface area contributed by atoms with Gasteiger partial charge in [0.05, 0.1) is 21.5 Å². The number of benzene rings is 2. The van der Waals surface area contributed by atoms with E-state index >= 15 is 0 Å². The first kappa shape index (κ1) is 21.6. The molecule has 3 rings (SSSR count). The second-order valence-electron chi connectivity index (χ2n) is 7.00. The van der Waals surface area contributed by atoms with E-state index in [9.17, 15) is 34.9 Å². The Hall–Kier alpha value is -4.08. The number of Topliss-reactive ketones (excluding diaryl/α,β-unsaturated/α-hetero) is 1. The van der Waals surface area contributed by atoms with Crippen molar-refractivity contribution in [2.75, 3.05) is 6.54 Å². The third-order valence-corrected chi connectivity index (χ3v) is 5.06. The van der Waals surface area contributed by atoms with Crippen molar-refractivity contribution < 1.29 is 24.5 Å². The highest BCUT2D eigenvalue weighted by molar-refractivity contribution is 6.46. The molecule has 10 heteroatoms. The van der Waals surface area contributed by atoms with E-state index in [1.54, 1.807) is 0 Å². The van der Waals surface area contributed by atoms with Crippen LogP contribution in [0.4, 0.5) is 11.4 Å². The van der Waals surface area contributed by atoms with Gasteiger partial charge in [-0.1, -0.05) is 13.3 Å². The molecule has 0 aliphatic carbocycles. The van der Waals surface area contributed by atoms with Gasteiger partial charge in [0.1, 0.15) is 5.76 Å². The van der Waals surface area contributed by atoms with E-state index in [1.807, 2.05) is 6.92 Å². The van der Waals surface area contributed by atoms with Crippen LogP contribution in [-0.2, 0) is 9.59 Å². The number of carbonyl (C=O) groups is 2. The number of ketones is 1. The number of aliphatic hydroxyl groups is 1. The topological polar surface area (TPSA) is 144 Å². The Morgan fingerprint density at radius 2 is 1.48 bits per heavy atom. The van der Waals surface area contributed by atoms with Crippen molar-refractivity contribution in [1.82, 2.24) is 4.90 Å². The number of non-ortho nitro benzene ring substituents is 2. The fraction of sp³-hybridized carbons (Fsp3) is 0.238. The first-order chi connectivity index (χ1) is 14.8. The summed E-state index contributed by atoms with van der Waals surface area (Å²) in [5, 5.41) is 32.7. The average Bonchev–Trinajstić information content (AvgIpc) is 3.02. The molecule has 1 atom stereocenters. The Kier molecular flexibility index (Phi) is 6.10. The van der Waals surface area contributed by atoms with Crippen LogP contribution in [0.5, 0.6) is 0 Å². The minimum absolute atomic E-state index is 0.144. The molecular formula is C21H19N3O7. The van der Waals surface area contributed by atoms with Crippen LogP contribution in [0.1, 0.15) is 36.9 Å². The molecular weight excluding hydrogens is 406 g/mol. The van der Waals surface area contributed by atoms with Crippen LogP contribution in [0.25, 0.3) is 5.76 Å². The molecule has 0 saturated carbocycles. The number of amides is 1. The van der Waals surface area contributed by atoms with Crippen molar-refractivity contribution >= 4 is 28.8 Å². The van der Waals surface area contributed by atoms with Gasteiger partial charge in [-0.25, -0.2) is 0 Å². The number of hydrogen-bond donors (Lipinski definition) is 1. The SMILES string of the molecule is CCCCN1C(=O)C(=O)/C(=C(/O)c2ccc([N+](=O)[O-])cc2)[C@H]1c1ccc([N+](=O)[O-])cc1. The number of hydrogen-bond acceptors (Lipinski definition) is 7. The van der Waals surface area contributed by atoms with E-state index in [-0.39, 0.29) is 29.1 Å². The van der Waals surface area contributed by atoms with Crippen LogP contribution in [0.3, 0.4) is 0 Å². The lowest BCUT2D eigenvalue weighted by molar-refractivity contribution is -0.385. The van der Waals surface area contributed by atoms with Gasteiger partial charge >= 0.3 is 0 Å². The van der Waals surface area contributed by atoms with E-state index < -0.39 is 33.3 Å². The van der Waals surface area contributed by atoms with E-state index in [0.717, 1.165) is 6.42 Å². The largest absolute Gasteiger partial charge is 0.507 e. The third-order valence-electron chi connectivity index (χ3n) is 5.06. The second kappa shape index (κ2) is 8.74. The maximum absolute atomic E-state index is 12.8. The van der Waals surface area contributed by atoms with Crippen LogP contribution in [-0.4, -0.2) is 38.1 Å². The molecule has 1 aliphatic heterocycles. The van der Waals surface area contributed by atoms with E-state index in [4.69, 9.17) is 0 Å². The van der Waals surface area contributed by atoms with Crippen molar-refractivity contribution in [1.29, 1.82) is 0 Å². The fourth-order valence-electron chi connectivity index (χ4n) is 3.46. The van der Waals surface area contributed by atoms with Gasteiger partial charge in [-0.05, 0) is 36.2 Å². The predicted octanol–water partition coefficient (Wildman–Crippen LogP) is 3.72. The van der Waals surface area contributed by atoms with Gasteiger partial charge < -0.3 is 10.0 Å². The Morgan fingerprint density at radius 3 is 1.97 bits per heavy atom. The Labute approximate surface area is 176 Å². The molecule has 1 heterocycles. The predicted molar refractivity (Wildman–Crippen MR) is 110 cm³/mol. The maximum Gasteiger partial charge on any atom is 0.295 e. The average molecular weight is 425 g/mol. The zero-order valence-corrected chi connectivity index (χ0v) is 16.6. The highest BCUT2D eigenvalue weighted by Gasteiger charge is 2.45. The second-order valence-corrected chi connectivity index (χ2v) is 7.00. The monoisotopic (exact) mass is 425 g/mol. The summed E-state index contributed by atoms with van der Waals surface area (Å²) in [6.45, 7) is 2.19. The summed E-state index contributed by atoms with van der Waals surface area (Å²) in [7, 11) is 0. The highest BCUT2D eigenvalue weighted by Crippen LogP contribution is 2.40. The lowest BCUT2D eigenvalue weighted by Gasteiger charge is -2.25. The van der Waals surface area contributed by atoms with Crippen LogP contribution in [0.15, 0.2) is 54.1 Å². The zero-order chi connectivity index (χ0) is 22.7. The molecule has 0 aromatic heterocycles. The number of nitro groups is 2. The van der Waals surface area contributed by atoms with Crippen LogP contribution in [0.2, 0.25) is 0 Å². The normalized spacial score (nSPS) is 17.7. The molecule has 0 unspecified atom stereocenters. The van der Waals surface area contributed by atoms with Crippen molar-refractivity contribution in [3.8, 4) is 0 Å².